The molecule has 0 fully saturated rings. The molecule has 1 N–H and O–H groups in total. The van der Waals surface area contributed by atoms with Gasteiger partial charge in [0.25, 0.3) is 0 Å². The van der Waals surface area contributed by atoms with E-state index in [1.54, 1.807) is 0 Å². The molecule has 1 unspecified atom stereocenters. The third-order valence-electron chi connectivity index (χ3n) is 3.98. The number of benzene rings is 2. The van der Waals surface area contributed by atoms with E-state index in [2.05, 4.69) is 71.5 Å². The lowest BCUT2D eigenvalue weighted by molar-refractivity contribution is 0.357. The lowest BCUT2D eigenvalue weighted by Gasteiger charge is -2.20. The topological polar surface area (TPSA) is 21.3 Å². The number of rotatable bonds is 4. The van der Waals surface area contributed by atoms with Crippen LogP contribution >= 0.6 is 15.9 Å². The van der Waals surface area contributed by atoms with E-state index in [0.29, 0.717) is 6.04 Å². The molecule has 0 bridgehead atoms. The molecule has 0 aromatic heterocycles. The van der Waals surface area contributed by atoms with Gasteiger partial charge >= 0.3 is 0 Å². The van der Waals surface area contributed by atoms with Crippen molar-refractivity contribution >= 4 is 21.6 Å². The summed E-state index contributed by atoms with van der Waals surface area (Å²) in [4.78, 5) is 0. The molecule has 0 aliphatic carbocycles. The summed E-state index contributed by atoms with van der Waals surface area (Å²) in [6, 6.07) is 13.3. The van der Waals surface area contributed by atoms with E-state index >= 15 is 0 Å². The minimum absolute atomic E-state index is 0.315. The van der Waals surface area contributed by atoms with Crippen LogP contribution in [0, 0.1) is 6.92 Å². The summed E-state index contributed by atoms with van der Waals surface area (Å²) in [5.41, 5.74) is 5.06. The fourth-order valence-electron chi connectivity index (χ4n) is 2.77. The van der Waals surface area contributed by atoms with Gasteiger partial charge in [0.15, 0.2) is 0 Å². The molecule has 3 rings (SSSR count). The van der Waals surface area contributed by atoms with Crippen molar-refractivity contribution in [3.05, 3.63) is 57.6 Å². The number of ether oxygens (including phenoxy) is 1. The first-order valence-corrected chi connectivity index (χ1v) is 8.25. The SMILES string of the molecule is CCC(Nc1ccc(C)cc1Br)c1ccc2c(c1)CCO2. The van der Waals surface area contributed by atoms with Crippen LogP contribution in [0.1, 0.15) is 36.1 Å². The molecule has 1 heterocycles. The maximum absolute atomic E-state index is 5.59. The van der Waals surface area contributed by atoms with Gasteiger partial charge in [-0.3, -0.25) is 0 Å². The molecule has 0 spiro atoms. The van der Waals surface area contributed by atoms with Gasteiger partial charge in [0, 0.05) is 16.6 Å². The number of nitrogens with one attached hydrogen (secondary N) is 1. The van der Waals surface area contributed by atoms with Gasteiger partial charge in [0.2, 0.25) is 0 Å². The summed E-state index contributed by atoms with van der Waals surface area (Å²) in [5, 5.41) is 3.64. The molecule has 0 saturated carbocycles. The third-order valence-corrected chi connectivity index (χ3v) is 4.63. The molecule has 1 aliphatic heterocycles. The molecule has 1 atom stereocenters. The third kappa shape index (κ3) is 3.08. The first kappa shape index (κ1) is 14.5. The average Bonchev–Trinajstić information content (AvgIpc) is 2.94. The number of hydrogen-bond donors (Lipinski definition) is 1. The van der Waals surface area contributed by atoms with Crippen molar-refractivity contribution in [2.75, 3.05) is 11.9 Å². The van der Waals surface area contributed by atoms with E-state index in [9.17, 15) is 0 Å². The zero-order chi connectivity index (χ0) is 14.8. The lowest BCUT2D eigenvalue weighted by atomic mass is 10.0. The molecule has 21 heavy (non-hydrogen) atoms. The van der Waals surface area contributed by atoms with Gasteiger partial charge in [-0.1, -0.05) is 19.1 Å². The largest absolute Gasteiger partial charge is 0.493 e. The van der Waals surface area contributed by atoms with Crippen molar-refractivity contribution in [2.45, 2.75) is 32.7 Å². The minimum Gasteiger partial charge on any atom is -0.493 e. The fraction of sp³-hybridized carbons (Fsp3) is 0.333. The predicted molar refractivity (Wildman–Crippen MR) is 91.2 cm³/mol. The van der Waals surface area contributed by atoms with E-state index in [4.69, 9.17) is 4.74 Å². The molecular formula is C18H20BrNO. The molecule has 0 amide bonds. The van der Waals surface area contributed by atoms with Crippen LogP contribution in [0.5, 0.6) is 5.75 Å². The highest BCUT2D eigenvalue weighted by atomic mass is 79.9. The van der Waals surface area contributed by atoms with Crippen molar-refractivity contribution in [1.82, 2.24) is 0 Å². The Morgan fingerprint density at radius 2 is 2.10 bits per heavy atom. The quantitative estimate of drug-likeness (QED) is 0.816. The van der Waals surface area contributed by atoms with Crippen molar-refractivity contribution < 1.29 is 4.74 Å². The smallest absolute Gasteiger partial charge is 0.122 e. The second kappa shape index (κ2) is 6.10. The summed E-state index contributed by atoms with van der Waals surface area (Å²) in [6.45, 7) is 5.13. The monoisotopic (exact) mass is 345 g/mol. The Balaban J connectivity index is 1.85. The second-order valence-corrected chi connectivity index (χ2v) is 6.41. The standard InChI is InChI=1S/C18H20BrNO/c1-3-16(20-17-6-4-12(2)10-15(17)19)13-5-7-18-14(11-13)8-9-21-18/h4-7,10-11,16,20H,3,8-9H2,1-2H3. The van der Waals surface area contributed by atoms with Crippen molar-refractivity contribution in [3.8, 4) is 5.75 Å². The highest BCUT2D eigenvalue weighted by Gasteiger charge is 2.16. The van der Waals surface area contributed by atoms with Gasteiger partial charge in [-0.15, -0.1) is 0 Å². The number of fused-ring (bicyclic) bond motifs is 1. The van der Waals surface area contributed by atoms with E-state index in [0.717, 1.165) is 35.4 Å². The zero-order valence-electron chi connectivity index (χ0n) is 12.4. The van der Waals surface area contributed by atoms with Gasteiger partial charge < -0.3 is 10.1 Å². The molecule has 3 heteroatoms. The summed E-state index contributed by atoms with van der Waals surface area (Å²) in [6.07, 6.45) is 2.06. The van der Waals surface area contributed by atoms with Crippen LogP contribution in [0.25, 0.3) is 0 Å². The number of aryl methyl sites for hydroxylation is 1. The van der Waals surface area contributed by atoms with Crippen molar-refractivity contribution in [2.24, 2.45) is 0 Å². The number of anilines is 1. The highest BCUT2D eigenvalue weighted by Crippen LogP contribution is 2.32. The molecule has 2 aromatic carbocycles. The predicted octanol–water partition coefficient (Wildman–Crippen LogP) is 5.26. The molecule has 0 saturated heterocycles. The van der Waals surface area contributed by atoms with E-state index < -0.39 is 0 Å². The Bertz CT molecular complexity index is 654. The van der Waals surface area contributed by atoms with Gasteiger partial charge in [-0.05, 0) is 70.2 Å². The summed E-state index contributed by atoms with van der Waals surface area (Å²) in [7, 11) is 0. The number of halogens is 1. The average molecular weight is 346 g/mol. The Hall–Kier alpha value is -1.48. The van der Waals surface area contributed by atoms with Crippen LogP contribution in [0.15, 0.2) is 40.9 Å². The summed E-state index contributed by atoms with van der Waals surface area (Å²) >= 11 is 3.64. The summed E-state index contributed by atoms with van der Waals surface area (Å²) in [5.74, 6) is 1.05. The van der Waals surface area contributed by atoms with Crippen LogP contribution in [0.2, 0.25) is 0 Å². The van der Waals surface area contributed by atoms with Gasteiger partial charge in [0.05, 0.1) is 12.6 Å². The van der Waals surface area contributed by atoms with E-state index in [-0.39, 0.29) is 0 Å². The van der Waals surface area contributed by atoms with Gasteiger partial charge in [-0.25, -0.2) is 0 Å². The fourth-order valence-corrected chi connectivity index (χ4v) is 3.38. The number of hydrogen-bond acceptors (Lipinski definition) is 2. The zero-order valence-corrected chi connectivity index (χ0v) is 14.0. The Morgan fingerprint density at radius 3 is 2.86 bits per heavy atom. The minimum atomic E-state index is 0.315. The molecule has 1 aliphatic rings. The Morgan fingerprint density at radius 1 is 1.24 bits per heavy atom. The molecule has 2 nitrogen and oxygen atoms in total. The molecule has 110 valence electrons. The van der Waals surface area contributed by atoms with E-state index in [1.165, 1.54) is 16.7 Å². The summed E-state index contributed by atoms with van der Waals surface area (Å²) < 4.78 is 6.71. The maximum Gasteiger partial charge on any atom is 0.122 e. The van der Waals surface area contributed by atoms with Crippen LogP contribution in [0.3, 0.4) is 0 Å². The van der Waals surface area contributed by atoms with Crippen LogP contribution in [-0.2, 0) is 6.42 Å². The first-order chi connectivity index (χ1) is 10.2. The van der Waals surface area contributed by atoms with Crippen molar-refractivity contribution in [1.29, 1.82) is 0 Å². The van der Waals surface area contributed by atoms with Crippen molar-refractivity contribution in [3.63, 3.8) is 0 Å². The van der Waals surface area contributed by atoms with Crippen LogP contribution in [-0.4, -0.2) is 6.61 Å². The van der Waals surface area contributed by atoms with E-state index in [1.807, 2.05) is 0 Å². The normalized spacial score (nSPS) is 14.4. The Kier molecular flexibility index (Phi) is 4.20. The van der Waals surface area contributed by atoms with Crippen LogP contribution in [0.4, 0.5) is 5.69 Å². The van der Waals surface area contributed by atoms with Gasteiger partial charge in [-0.2, -0.15) is 0 Å². The first-order valence-electron chi connectivity index (χ1n) is 7.45. The van der Waals surface area contributed by atoms with Crippen LogP contribution < -0.4 is 10.1 Å². The molecule has 0 radical (unpaired) electrons. The Labute approximate surface area is 134 Å². The second-order valence-electron chi connectivity index (χ2n) is 5.55. The molecule has 2 aromatic rings. The lowest BCUT2D eigenvalue weighted by Crippen LogP contribution is -2.10. The van der Waals surface area contributed by atoms with Gasteiger partial charge in [0.1, 0.15) is 5.75 Å². The maximum atomic E-state index is 5.59. The molecular weight excluding hydrogens is 326 g/mol. The highest BCUT2D eigenvalue weighted by molar-refractivity contribution is 9.10.